The molecule has 1 saturated heterocycles. The van der Waals surface area contributed by atoms with Crippen molar-refractivity contribution in [1.29, 1.82) is 0 Å². The van der Waals surface area contributed by atoms with Gasteiger partial charge in [0.05, 0.1) is 6.04 Å². The van der Waals surface area contributed by atoms with E-state index in [0.717, 1.165) is 29.0 Å². The number of nitrogens with one attached hydrogen (secondary N) is 1. The maximum atomic E-state index is 11.9. The fourth-order valence-corrected chi connectivity index (χ4v) is 3.93. The zero-order valence-electron chi connectivity index (χ0n) is 10.4. The Balaban J connectivity index is 1.91. The van der Waals surface area contributed by atoms with Gasteiger partial charge in [0.15, 0.2) is 0 Å². The third kappa shape index (κ3) is 2.35. The van der Waals surface area contributed by atoms with Gasteiger partial charge in [-0.1, -0.05) is 25.1 Å². The fraction of sp³-hybridized carbons (Fsp3) is 0.429. The molecule has 0 radical (unpaired) electrons. The molecular weight excluding hydrogens is 246 g/mol. The van der Waals surface area contributed by atoms with Crippen LogP contribution in [-0.4, -0.2) is 22.3 Å². The summed E-state index contributed by atoms with van der Waals surface area (Å²) in [5, 5.41) is 4.56. The Hall–Kier alpha value is -1.13. The summed E-state index contributed by atoms with van der Waals surface area (Å²) in [6, 6.07) is 10.1. The second-order valence-corrected chi connectivity index (χ2v) is 6.57. The van der Waals surface area contributed by atoms with E-state index in [-0.39, 0.29) is 6.04 Å². The van der Waals surface area contributed by atoms with Gasteiger partial charge in [0.2, 0.25) is 0 Å². The van der Waals surface area contributed by atoms with Crippen LogP contribution in [0.25, 0.3) is 11.0 Å². The molecule has 4 heteroatoms. The van der Waals surface area contributed by atoms with Gasteiger partial charge in [-0.15, -0.1) is 0 Å². The van der Waals surface area contributed by atoms with E-state index in [1.165, 1.54) is 0 Å². The number of rotatable bonds is 1. The second-order valence-electron chi connectivity index (χ2n) is 5.03. The predicted molar refractivity (Wildman–Crippen MR) is 74.0 cm³/mol. The first kappa shape index (κ1) is 11.9. The molecule has 1 aromatic heterocycles. The van der Waals surface area contributed by atoms with Gasteiger partial charge in [-0.2, -0.15) is 0 Å². The minimum atomic E-state index is -0.762. The molecule has 3 nitrogen and oxygen atoms in total. The minimum absolute atomic E-state index is 0.0724. The molecule has 1 aliphatic rings. The summed E-state index contributed by atoms with van der Waals surface area (Å²) in [7, 11) is -0.762. The molecule has 3 atom stereocenters. The monoisotopic (exact) mass is 263 g/mol. The van der Waals surface area contributed by atoms with Crippen molar-refractivity contribution in [3.05, 3.63) is 36.1 Å². The Morgan fingerprint density at radius 2 is 2.17 bits per heavy atom. The average molecular weight is 263 g/mol. The molecule has 18 heavy (non-hydrogen) atoms. The highest BCUT2D eigenvalue weighted by atomic mass is 32.2. The van der Waals surface area contributed by atoms with Crippen LogP contribution in [0.3, 0.4) is 0 Å². The third-order valence-corrected chi connectivity index (χ3v) is 4.97. The van der Waals surface area contributed by atoms with Gasteiger partial charge in [0, 0.05) is 27.7 Å². The van der Waals surface area contributed by atoms with Crippen LogP contribution in [0.2, 0.25) is 0 Å². The smallest absolute Gasteiger partial charge is 0.134 e. The molecule has 1 fully saturated rings. The highest BCUT2D eigenvalue weighted by molar-refractivity contribution is 7.85. The Kier molecular flexibility index (Phi) is 3.22. The van der Waals surface area contributed by atoms with Crippen LogP contribution in [0.4, 0.5) is 0 Å². The predicted octanol–water partition coefficient (Wildman–Crippen LogP) is 2.46. The van der Waals surface area contributed by atoms with E-state index in [1.807, 2.05) is 24.3 Å². The summed E-state index contributed by atoms with van der Waals surface area (Å²) in [5.41, 5.74) is 0.900. The summed E-state index contributed by atoms with van der Waals surface area (Å²) in [5.74, 6) is 2.78. The molecular formula is C14H17NO2S. The van der Waals surface area contributed by atoms with E-state index in [9.17, 15) is 4.21 Å². The van der Waals surface area contributed by atoms with Gasteiger partial charge in [-0.05, 0) is 24.6 Å². The van der Waals surface area contributed by atoms with Crippen molar-refractivity contribution in [2.45, 2.75) is 13.0 Å². The van der Waals surface area contributed by atoms with E-state index in [2.05, 4.69) is 18.3 Å². The Labute approximate surface area is 109 Å². The van der Waals surface area contributed by atoms with E-state index in [1.54, 1.807) is 0 Å². The van der Waals surface area contributed by atoms with E-state index in [4.69, 9.17) is 4.42 Å². The maximum Gasteiger partial charge on any atom is 0.134 e. The van der Waals surface area contributed by atoms with Gasteiger partial charge in [-0.3, -0.25) is 4.21 Å². The highest BCUT2D eigenvalue weighted by Gasteiger charge is 2.24. The zero-order chi connectivity index (χ0) is 12.5. The molecule has 3 unspecified atom stereocenters. The first-order valence-corrected chi connectivity index (χ1v) is 7.78. The first-order chi connectivity index (χ1) is 8.72. The van der Waals surface area contributed by atoms with Crippen LogP contribution in [-0.2, 0) is 10.8 Å². The topological polar surface area (TPSA) is 42.2 Å². The summed E-state index contributed by atoms with van der Waals surface area (Å²) < 4.78 is 17.8. The van der Waals surface area contributed by atoms with Gasteiger partial charge < -0.3 is 9.73 Å². The molecule has 1 N–H and O–H groups in total. The van der Waals surface area contributed by atoms with Crippen LogP contribution >= 0.6 is 0 Å². The standard InChI is InChI=1S/C14H17NO2S/c1-10-7-15-12(9-18(16)8-10)14-6-11-4-2-3-5-13(11)17-14/h2-6,10,12,15H,7-9H2,1H3. The number of fused-ring (bicyclic) bond motifs is 1. The summed E-state index contributed by atoms with van der Waals surface area (Å²) >= 11 is 0. The van der Waals surface area contributed by atoms with Crippen molar-refractivity contribution in [1.82, 2.24) is 5.32 Å². The first-order valence-electron chi connectivity index (χ1n) is 6.29. The van der Waals surface area contributed by atoms with Gasteiger partial charge in [0.1, 0.15) is 11.3 Å². The summed E-state index contributed by atoms with van der Waals surface area (Å²) in [4.78, 5) is 0. The number of furan rings is 1. The van der Waals surface area contributed by atoms with E-state index in [0.29, 0.717) is 11.7 Å². The van der Waals surface area contributed by atoms with Crippen LogP contribution in [0.1, 0.15) is 18.7 Å². The van der Waals surface area contributed by atoms with Crippen molar-refractivity contribution >= 4 is 21.8 Å². The number of para-hydroxylation sites is 1. The third-order valence-electron chi connectivity index (χ3n) is 3.32. The molecule has 0 spiro atoms. The summed E-state index contributed by atoms with van der Waals surface area (Å²) in [6.07, 6.45) is 0. The lowest BCUT2D eigenvalue weighted by molar-refractivity contribution is 0.439. The molecule has 0 amide bonds. The van der Waals surface area contributed by atoms with Gasteiger partial charge in [0.25, 0.3) is 0 Å². The molecule has 0 aliphatic carbocycles. The molecule has 96 valence electrons. The van der Waals surface area contributed by atoms with Crippen molar-refractivity contribution in [2.75, 3.05) is 18.1 Å². The molecule has 3 rings (SSSR count). The van der Waals surface area contributed by atoms with Crippen molar-refractivity contribution in [3.8, 4) is 0 Å². The second kappa shape index (κ2) is 4.86. The Morgan fingerprint density at radius 1 is 1.33 bits per heavy atom. The molecule has 0 saturated carbocycles. The van der Waals surface area contributed by atoms with Crippen molar-refractivity contribution < 1.29 is 8.63 Å². The SMILES string of the molecule is CC1CNC(c2cc3ccccc3o2)CS(=O)C1. The summed E-state index contributed by atoms with van der Waals surface area (Å²) in [6.45, 7) is 3.03. The molecule has 1 aromatic carbocycles. The van der Waals surface area contributed by atoms with Crippen molar-refractivity contribution in [2.24, 2.45) is 5.92 Å². The van der Waals surface area contributed by atoms with Crippen molar-refractivity contribution in [3.63, 3.8) is 0 Å². The zero-order valence-corrected chi connectivity index (χ0v) is 11.2. The molecule has 2 heterocycles. The molecule has 2 aromatic rings. The lowest BCUT2D eigenvalue weighted by atomic mass is 10.2. The van der Waals surface area contributed by atoms with Crippen LogP contribution in [0, 0.1) is 5.92 Å². The Morgan fingerprint density at radius 3 is 3.00 bits per heavy atom. The fourth-order valence-electron chi connectivity index (χ4n) is 2.39. The van der Waals surface area contributed by atoms with Gasteiger partial charge >= 0.3 is 0 Å². The number of hydrogen-bond acceptors (Lipinski definition) is 3. The van der Waals surface area contributed by atoms with E-state index >= 15 is 0 Å². The lowest BCUT2D eigenvalue weighted by Gasteiger charge is -2.12. The van der Waals surface area contributed by atoms with E-state index < -0.39 is 10.8 Å². The minimum Gasteiger partial charge on any atom is -0.459 e. The molecule has 1 aliphatic heterocycles. The normalized spacial score (nSPS) is 29.3. The van der Waals surface area contributed by atoms with Gasteiger partial charge in [-0.25, -0.2) is 0 Å². The van der Waals surface area contributed by atoms with Crippen LogP contribution < -0.4 is 5.32 Å². The van der Waals surface area contributed by atoms with Crippen LogP contribution in [0.5, 0.6) is 0 Å². The quantitative estimate of drug-likeness (QED) is 0.859. The number of hydrogen-bond donors (Lipinski definition) is 1. The van der Waals surface area contributed by atoms with Crippen LogP contribution in [0.15, 0.2) is 34.7 Å². The Bertz CT molecular complexity index is 545. The highest BCUT2D eigenvalue weighted by Crippen LogP contribution is 2.25. The average Bonchev–Trinajstić information content (AvgIpc) is 2.70. The number of benzene rings is 1. The maximum absolute atomic E-state index is 11.9. The molecule has 0 bridgehead atoms. The largest absolute Gasteiger partial charge is 0.459 e. The lowest BCUT2D eigenvalue weighted by Crippen LogP contribution is -2.25.